The van der Waals surface area contributed by atoms with Crippen molar-refractivity contribution in [3.63, 3.8) is 0 Å². The van der Waals surface area contributed by atoms with Crippen LogP contribution in [0.2, 0.25) is 0 Å². The molecule has 6 heteroatoms. The van der Waals surface area contributed by atoms with E-state index in [1.54, 1.807) is 0 Å². The normalized spacial score (nSPS) is 26.0. The maximum absolute atomic E-state index is 14.1. The lowest BCUT2D eigenvalue weighted by molar-refractivity contribution is -0.0546. The van der Waals surface area contributed by atoms with E-state index in [-0.39, 0.29) is 0 Å². The van der Waals surface area contributed by atoms with Crippen molar-refractivity contribution in [3.8, 4) is 16.9 Å². The summed E-state index contributed by atoms with van der Waals surface area (Å²) in [6, 6.07) is 9.78. The molecule has 2 aromatic carbocycles. The SMILES string of the molecule is CCOC1CCC2CC(c3ccc(-c4cc(F)c(OC(F)F)c(F)c4)cc3)CCC2C1. The average molecular weight is 436 g/mol. The fraction of sp³-hybridized carbons (Fsp3) is 0.520. The molecule has 0 heterocycles. The first kappa shape index (κ1) is 22.1. The van der Waals surface area contributed by atoms with Crippen LogP contribution in [0.15, 0.2) is 36.4 Å². The third kappa shape index (κ3) is 5.05. The van der Waals surface area contributed by atoms with Crippen molar-refractivity contribution in [2.75, 3.05) is 6.61 Å². The Morgan fingerprint density at radius 1 is 0.871 bits per heavy atom. The summed E-state index contributed by atoms with van der Waals surface area (Å²) >= 11 is 0. The zero-order chi connectivity index (χ0) is 22.0. The van der Waals surface area contributed by atoms with Crippen molar-refractivity contribution in [1.29, 1.82) is 0 Å². The van der Waals surface area contributed by atoms with E-state index in [0.29, 0.717) is 23.1 Å². The van der Waals surface area contributed by atoms with Gasteiger partial charge in [-0.1, -0.05) is 24.3 Å². The van der Waals surface area contributed by atoms with E-state index in [1.165, 1.54) is 31.2 Å². The molecule has 0 spiro atoms. The summed E-state index contributed by atoms with van der Waals surface area (Å²) in [4.78, 5) is 0. The number of halogens is 4. The standard InChI is InChI=1S/C25H28F4O2/c1-2-30-21-10-9-18-11-17(7-8-19(18)12-21)15-3-5-16(6-4-15)20-13-22(26)24(23(27)14-20)31-25(28)29/h3-6,13-14,17-19,21,25H,2,7-12H2,1H3. The van der Waals surface area contributed by atoms with Crippen molar-refractivity contribution in [2.24, 2.45) is 11.8 Å². The molecule has 2 aliphatic carbocycles. The van der Waals surface area contributed by atoms with Gasteiger partial charge in [0.15, 0.2) is 17.4 Å². The van der Waals surface area contributed by atoms with Gasteiger partial charge in [-0.2, -0.15) is 8.78 Å². The lowest BCUT2D eigenvalue weighted by atomic mass is 9.65. The second-order valence-electron chi connectivity index (χ2n) is 8.69. The van der Waals surface area contributed by atoms with Gasteiger partial charge in [0.05, 0.1) is 6.10 Å². The van der Waals surface area contributed by atoms with Crippen LogP contribution < -0.4 is 4.74 Å². The van der Waals surface area contributed by atoms with Gasteiger partial charge in [-0.05, 0) is 92.0 Å². The Bertz CT molecular complexity index is 861. The summed E-state index contributed by atoms with van der Waals surface area (Å²) in [5.74, 6) is -1.34. The van der Waals surface area contributed by atoms with Crippen LogP contribution in [-0.2, 0) is 4.74 Å². The Morgan fingerprint density at radius 2 is 1.52 bits per heavy atom. The van der Waals surface area contributed by atoms with Crippen LogP contribution in [0.25, 0.3) is 11.1 Å². The van der Waals surface area contributed by atoms with Crippen molar-refractivity contribution in [2.45, 2.75) is 64.1 Å². The number of ether oxygens (including phenoxy) is 2. The van der Waals surface area contributed by atoms with Crippen molar-refractivity contribution < 1.29 is 27.0 Å². The highest BCUT2D eigenvalue weighted by Crippen LogP contribution is 2.46. The molecule has 168 valence electrons. The molecule has 0 saturated heterocycles. The second kappa shape index (κ2) is 9.60. The van der Waals surface area contributed by atoms with E-state index >= 15 is 0 Å². The molecule has 2 fully saturated rings. The van der Waals surface area contributed by atoms with E-state index in [0.717, 1.165) is 43.4 Å². The summed E-state index contributed by atoms with van der Waals surface area (Å²) in [5.41, 5.74) is 2.17. The molecule has 2 aliphatic rings. The van der Waals surface area contributed by atoms with Crippen molar-refractivity contribution in [1.82, 2.24) is 0 Å². The highest BCUT2D eigenvalue weighted by Gasteiger charge is 2.36. The minimum atomic E-state index is -3.28. The van der Waals surface area contributed by atoms with Crippen LogP contribution in [0.4, 0.5) is 17.6 Å². The summed E-state index contributed by atoms with van der Waals surface area (Å²) in [7, 11) is 0. The summed E-state index contributed by atoms with van der Waals surface area (Å²) < 4.78 is 62.5. The molecule has 0 bridgehead atoms. The Kier molecular flexibility index (Phi) is 6.85. The van der Waals surface area contributed by atoms with Crippen LogP contribution in [0, 0.1) is 23.5 Å². The maximum atomic E-state index is 14.1. The van der Waals surface area contributed by atoms with Gasteiger partial charge in [0.1, 0.15) is 0 Å². The first-order chi connectivity index (χ1) is 14.9. The highest BCUT2D eigenvalue weighted by atomic mass is 19.3. The Labute approximate surface area is 180 Å². The maximum Gasteiger partial charge on any atom is 0.387 e. The van der Waals surface area contributed by atoms with Gasteiger partial charge >= 0.3 is 6.61 Å². The molecule has 0 amide bonds. The largest absolute Gasteiger partial charge is 0.429 e. The number of rotatable bonds is 6. The molecule has 4 atom stereocenters. The molecule has 2 nitrogen and oxygen atoms in total. The minimum absolute atomic E-state index is 0.293. The zero-order valence-electron chi connectivity index (χ0n) is 17.6. The van der Waals surface area contributed by atoms with Gasteiger partial charge in [-0.25, -0.2) is 8.78 Å². The molecule has 0 aromatic heterocycles. The number of hydrogen-bond donors (Lipinski definition) is 0. The summed E-state index contributed by atoms with van der Waals surface area (Å²) in [6.45, 7) is -0.438. The summed E-state index contributed by atoms with van der Waals surface area (Å²) in [5, 5.41) is 0. The molecule has 4 rings (SSSR count). The minimum Gasteiger partial charge on any atom is -0.429 e. The smallest absolute Gasteiger partial charge is 0.387 e. The predicted molar refractivity (Wildman–Crippen MR) is 111 cm³/mol. The lowest BCUT2D eigenvalue weighted by Crippen LogP contribution is -2.33. The fourth-order valence-corrected chi connectivity index (χ4v) is 5.41. The quantitative estimate of drug-likeness (QED) is 0.442. The van der Waals surface area contributed by atoms with E-state index in [4.69, 9.17) is 4.74 Å². The van der Waals surface area contributed by atoms with Crippen molar-refractivity contribution >= 4 is 0 Å². The van der Waals surface area contributed by atoms with Crippen LogP contribution >= 0.6 is 0 Å². The van der Waals surface area contributed by atoms with E-state index in [9.17, 15) is 17.6 Å². The number of fused-ring (bicyclic) bond motifs is 1. The monoisotopic (exact) mass is 436 g/mol. The molecule has 4 unspecified atom stereocenters. The zero-order valence-corrected chi connectivity index (χ0v) is 17.6. The number of alkyl halides is 2. The van der Waals surface area contributed by atoms with Gasteiger partial charge in [0.2, 0.25) is 0 Å². The Morgan fingerprint density at radius 3 is 2.16 bits per heavy atom. The number of hydrogen-bond acceptors (Lipinski definition) is 2. The lowest BCUT2D eigenvalue weighted by Gasteiger charge is -2.42. The van der Waals surface area contributed by atoms with Crippen LogP contribution in [0.1, 0.15) is 56.9 Å². The average Bonchev–Trinajstić information content (AvgIpc) is 2.76. The third-order valence-electron chi connectivity index (χ3n) is 6.89. The van der Waals surface area contributed by atoms with E-state index < -0.39 is 24.0 Å². The molecular weight excluding hydrogens is 408 g/mol. The van der Waals surface area contributed by atoms with Crippen LogP contribution in [0.5, 0.6) is 5.75 Å². The molecule has 2 saturated carbocycles. The Balaban J connectivity index is 1.43. The summed E-state index contributed by atoms with van der Waals surface area (Å²) in [6.07, 6.45) is 7.47. The molecule has 31 heavy (non-hydrogen) atoms. The second-order valence-corrected chi connectivity index (χ2v) is 8.69. The first-order valence-corrected chi connectivity index (χ1v) is 11.1. The van der Waals surface area contributed by atoms with Crippen LogP contribution in [-0.4, -0.2) is 19.3 Å². The van der Waals surface area contributed by atoms with E-state index in [2.05, 4.69) is 11.7 Å². The topological polar surface area (TPSA) is 18.5 Å². The fourth-order valence-electron chi connectivity index (χ4n) is 5.41. The predicted octanol–water partition coefficient (Wildman–Crippen LogP) is 7.32. The highest BCUT2D eigenvalue weighted by molar-refractivity contribution is 5.65. The third-order valence-corrected chi connectivity index (χ3v) is 6.89. The van der Waals surface area contributed by atoms with Gasteiger partial charge in [0.25, 0.3) is 0 Å². The van der Waals surface area contributed by atoms with Gasteiger partial charge < -0.3 is 9.47 Å². The molecule has 0 radical (unpaired) electrons. The van der Waals surface area contributed by atoms with Gasteiger partial charge in [-0.15, -0.1) is 0 Å². The Hall–Kier alpha value is -2.08. The number of benzene rings is 2. The molecule has 0 aliphatic heterocycles. The van der Waals surface area contributed by atoms with Gasteiger partial charge in [-0.3, -0.25) is 0 Å². The van der Waals surface area contributed by atoms with Crippen molar-refractivity contribution in [3.05, 3.63) is 53.6 Å². The van der Waals surface area contributed by atoms with Gasteiger partial charge in [0, 0.05) is 6.61 Å². The van der Waals surface area contributed by atoms with E-state index in [1.807, 2.05) is 24.3 Å². The molecule has 0 N–H and O–H groups in total. The molecular formula is C25H28F4O2. The molecule has 2 aromatic rings. The van der Waals surface area contributed by atoms with Crippen LogP contribution in [0.3, 0.4) is 0 Å². The first-order valence-electron chi connectivity index (χ1n) is 11.1.